The summed E-state index contributed by atoms with van der Waals surface area (Å²) >= 11 is 0. The third kappa shape index (κ3) is 2.60. The molecule has 4 nitrogen and oxygen atoms in total. The Morgan fingerprint density at radius 1 is 1.18 bits per heavy atom. The van der Waals surface area contributed by atoms with Gasteiger partial charge in [-0.2, -0.15) is 0 Å². The van der Waals surface area contributed by atoms with Gasteiger partial charge in [-0.05, 0) is 18.6 Å². The van der Waals surface area contributed by atoms with E-state index >= 15 is 0 Å². The van der Waals surface area contributed by atoms with Crippen LogP contribution in [0.25, 0.3) is 6.08 Å². The zero-order chi connectivity index (χ0) is 12.3. The van der Waals surface area contributed by atoms with Gasteiger partial charge in [0.1, 0.15) is 5.69 Å². The molecule has 1 aromatic heterocycles. The van der Waals surface area contributed by atoms with Gasteiger partial charge >= 0.3 is 5.69 Å². The quantitative estimate of drug-likeness (QED) is 0.622. The molecule has 0 aliphatic heterocycles. The summed E-state index contributed by atoms with van der Waals surface area (Å²) in [7, 11) is 0. The third-order valence-corrected chi connectivity index (χ3v) is 2.39. The van der Waals surface area contributed by atoms with E-state index in [0.717, 1.165) is 5.56 Å². The highest BCUT2D eigenvalue weighted by Gasteiger charge is 2.08. The first-order chi connectivity index (χ1) is 8.16. The molecule has 2 rings (SSSR count). The Morgan fingerprint density at radius 3 is 2.47 bits per heavy atom. The van der Waals surface area contributed by atoms with Crippen molar-refractivity contribution in [3.63, 3.8) is 0 Å². The summed E-state index contributed by atoms with van der Waals surface area (Å²) in [4.78, 5) is 27.8. The summed E-state index contributed by atoms with van der Waals surface area (Å²) in [5, 5.41) is 0. The molecule has 0 atom stereocenters. The molecule has 0 bridgehead atoms. The van der Waals surface area contributed by atoms with E-state index < -0.39 is 0 Å². The smallest absolute Gasteiger partial charge is 0.310 e. The monoisotopic (exact) mass is 228 g/mol. The zero-order valence-electron chi connectivity index (χ0n) is 9.36. The number of imidazole rings is 1. The Kier molecular flexibility index (Phi) is 3.05. The van der Waals surface area contributed by atoms with Gasteiger partial charge in [-0.3, -0.25) is 4.79 Å². The maximum absolute atomic E-state index is 11.8. The van der Waals surface area contributed by atoms with Crippen molar-refractivity contribution in [3.8, 4) is 0 Å². The predicted octanol–water partition coefficient (Wildman–Crippen LogP) is 1.91. The van der Waals surface area contributed by atoms with Crippen LogP contribution in [0.1, 0.15) is 21.7 Å². The first-order valence-corrected chi connectivity index (χ1v) is 5.23. The second-order valence-electron chi connectivity index (χ2n) is 3.69. The molecule has 2 N–H and O–H groups in total. The van der Waals surface area contributed by atoms with E-state index in [0.29, 0.717) is 11.4 Å². The van der Waals surface area contributed by atoms with Crippen LogP contribution in [0.5, 0.6) is 0 Å². The van der Waals surface area contributed by atoms with Crippen molar-refractivity contribution < 1.29 is 4.79 Å². The molecule has 1 aromatic carbocycles. The molecule has 17 heavy (non-hydrogen) atoms. The summed E-state index contributed by atoms with van der Waals surface area (Å²) in [5.41, 5.74) is 1.44. The molecule has 86 valence electrons. The van der Waals surface area contributed by atoms with Crippen molar-refractivity contribution in [1.82, 2.24) is 9.97 Å². The number of ketones is 1. The van der Waals surface area contributed by atoms with Crippen LogP contribution in [-0.4, -0.2) is 15.8 Å². The highest BCUT2D eigenvalue weighted by molar-refractivity contribution is 6.06. The molecule has 0 aliphatic rings. The van der Waals surface area contributed by atoms with E-state index in [1.54, 1.807) is 13.0 Å². The van der Waals surface area contributed by atoms with Crippen LogP contribution in [-0.2, 0) is 0 Å². The third-order valence-electron chi connectivity index (χ3n) is 2.39. The lowest BCUT2D eigenvalue weighted by atomic mass is 10.1. The van der Waals surface area contributed by atoms with E-state index in [4.69, 9.17) is 0 Å². The number of nitrogens with one attached hydrogen (secondary N) is 2. The number of aromatic nitrogens is 2. The van der Waals surface area contributed by atoms with Crippen LogP contribution in [0.4, 0.5) is 0 Å². The van der Waals surface area contributed by atoms with E-state index in [-0.39, 0.29) is 11.5 Å². The van der Waals surface area contributed by atoms with E-state index in [2.05, 4.69) is 9.97 Å². The Bertz CT molecular complexity index is 606. The lowest BCUT2D eigenvalue weighted by molar-refractivity contribution is 0.104. The number of hydrogen-bond acceptors (Lipinski definition) is 2. The fourth-order valence-electron chi connectivity index (χ4n) is 1.54. The van der Waals surface area contributed by atoms with Gasteiger partial charge in [0.05, 0.1) is 0 Å². The van der Waals surface area contributed by atoms with Crippen LogP contribution in [0.2, 0.25) is 0 Å². The van der Waals surface area contributed by atoms with Crippen LogP contribution in [0, 0.1) is 6.92 Å². The number of aromatic amines is 2. The van der Waals surface area contributed by atoms with Crippen LogP contribution < -0.4 is 5.69 Å². The molecule has 0 aliphatic carbocycles. The van der Waals surface area contributed by atoms with Crippen molar-refractivity contribution >= 4 is 11.9 Å². The number of H-pyrrole nitrogens is 2. The van der Waals surface area contributed by atoms with E-state index in [1.165, 1.54) is 6.08 Å². The molecule has 0 fully saturated rings. The Morgan fingerprint density at radius 2 is 1.88 bits per heavy atom. The van der Waals surface area contributed by atoms with Crippen LogP contribution in [0.3, 0.4) is 0 Å². The minimum atomic E-state index is -0.362. The molecule has 2 aromatic rings. The van der Waals surface area contributed by atoms with Crippen molar-refractivity contribution in [1.29, 1.82) is 0 Å². The van der Waals surface area contributed by atoms with Crippen molar-refractivity contribution in [3.05, 3.63) is 63.8 Å². The minimum absolute atomic E-state index is 0.218. The normalized spacial score (nSPS) is 10.9. The van der Waals surface area contributed by atoms with Gasteiger partial charge in [0.2, 0.25) is 5.78 Å². The largest absolute Gasteiger partial charge is 0.323 e. The molecule has 0 unspecified atom stereocenters. The predicted molar refractivity (Wildman–Crippen MR) is 66.0 cm³/mol. The Labute approximate surface area is 98.0 Å². The topological polar surface area (TPSA) is 65.7 Å². The highest BCUT2D eigenvalue weighted by atomic mass is 16.1. The molecule has 4 heteroatoms. The summed E-state index contributed by atoms with van der Waals surface area (Å²) in [6.45, 7) is 1.68. The van der Waals surface area contributed by atoms with Crippen molar-refractivity contribution in [2.24, 2.45) is 0 Å². The Hall–Kier alpha value is -2.36. The summed E-state index contributed by atoms with van der Waals surface area (Å²) in [6.07, 6.45) is 3.16. The van der Waals surface area contributed by atoms with Gasteiger partial charge in [-0.15, -0.1) is 0 Å². The number of aryl methyl sites for hydroxylation is 1. The lowest BCUT2D eigenvalue weighted by Crippen LogP contribution is -2.03. The van der Waals surface area contributed by atoms with E-state index in [1.807, 2.05) is 30.3 Å². The standard InChI is InChI=1S/C13H12N2O2/c1-9-12(15-13(17)14-9)11(16)8-7-10-5-3-2-4-6-10/h2-8H,1H3,(H2,14,15,17)/b8-7+. The zero-order valence-corrected chi connectivity index (χ0v) is 9.36. The second-order valence-corrected chi connectivity index (χ2v) is 3.69. The van der Waals surface area contributed by atoms with Gasteiger partial charge in [0, 0.05) is 5.69 Å². The van der Waals surface area contributed by atoms with E-state index in [9.17, 15) is 9.59 Å². The molecule has 0 saturated heterocycles. The van der Waals surface area contributed by atoms with Gasteiger partial charge < -0.3 is 9.97 Å². The van der Waals surface area contributed by atoms with Gasteiger partial charge in [-0.1, -0.05) is 36.4 Å². The minimum Gasteiger partial charge on any atom is -0.310 e. The second kappa shape index (κ2) is 4.65. The molecule has 0 amide bonds. The number of carbonyl (C=O) groups excluding carboxylic acids is 1. The summed E-state index contributed by atoms with van der Waals surface area (Å²) in [6, 6.07) is 9.50. The molecular weight excluding hydrogens is 216 g/mol. The molecule has 1 heterocycles. The van der Waals surface area contributed by atoms with Gasteiger partial charge in [-0.25, -0.2) is 4.79 Å². The Balaban J connectivity index is 2.20. The maximum Gasteiger partial charge on any atom is 0.323 e. The lowest BCUT2D eigenvalue weighted by Gasteiger charge is -1.93. The fraction of sp³-hybridized carbons (Fsp3) is 0.0769. The summed E-state index contributed by atoms with van der Waals surface area (Å²) in [5.74, 6) is -0.218. The average molecular weight is 228 g/mol. The number of hydrogen-bond donors (Lipinski definition) is 2. The SMILES string of the molecule is Cc1[nH]c(=O)[nH]c1C(=O)/C=C/c1ccccc1. The van der Waals surface area contributed by atoms with Crippen LogP contribution >= 0.6 is 0 Å². The van der Waals surface area contributed by atoms with Crippen molar-refractivity contribution in [2.45, 2.75) is 6.92 Å². The first kappa shape index (κ1) is 11.1. The summed E-state index contributed by atoms with van der Waals surface area (Å²) < 4.78 is 0. The number of rotatable bonds is 3. The van der Waals surface area contributed by atoms with Gasteiger partial charge in [0.25, 0.3) is 0 Å². The number of benzene rings is 1. The maximum atomic E-state index is 11.8. The first-order valence-electron chi connectivity index (χ1n) is 5.23. The number of carbonyl (C=O) groups is 1. The molecule has 0 saturated carbocycles. The van der Waals surface area contributed by atoms with Gasteiger partial charge in [0.15, 0.2) is 0 Å². The van der Waals surface area contributed by atoms with Crippen molar-refractivity contribution in [2.75, 3.05) is 0 Å². The molecule has 0 spiro atoms. The highest BCUT2D eigenvalue weighted by Crippen LogP contribution is 2.04. The molecule has 0 radical (unpaired) electrons. The van der Waals surface area contributed by atoms with Crippen LogP contribution in [0.15, 0.2) is 41.2 Å². The average Bonchev–Trinajstić information content (AvgIpc) is 2.67. The fourth-order valence-corrected chi connectivity index (χ4v) is 1.54. The number of allylic oxidation sites excluding steroid dienone is 1. The molecular formula is C13H12N2O2.